The molecule has 1 heterocycles. The maximum absolute atomic E-state index is 12.4. The highest BCUT2D eigenvalue weighted by atomic mass is 19.3. The van der Waals surface area contributed by atoms with Crippen molar-refractivity contribution < 1.29 is 18.3 Å². The predicted molar refractivity (Wildman–Crippen MR) is 49.0 cm³/mol. The van der Waals surface area contributed by atoms with Crippen molar-refractivity contribution in [3.8, 4) is 5.75 Å². The van der Waals surface area contributed by atoms with Gasteiger partial charge in [0.05, 0.1) is 7.11 Å². The second-order valence-electron chi connectivity index (χ2n) is 2.75. The number of halogens is 2. The minimum Gasteiger partial charge on any atom is -0.494 e. The van der Waals surface area contributed by atoms with Gasteiger partial charge in [-0.25, -0.2) is 13.8 Å². The molecule has 0 saturated heterocycles. The van der Waals surface area contributed by atoms with Crippen molar-refractivity contribution in [2.45, 2.75) is 13.0 Å². The minimum atomic E-state index is -2.74. The summed E-state index contributed by atoms with van der Waals surface area (Å²) in [4.78, 5) is 14.1. The molecule has 0 aromatic carbocycles. The number of pyridine rings is 1. The Morgan fingerprint density at radius 1 is 1.67 bits per heavy atom. The van der Waals surface area contributed by atoms with Gasteiger partial charge in [-0.15, -0.1) is 0 Å². The molecule has 82 valence electrons. The minimum absolute atomic E-state index is 0.00620. The maximum Gasteiger partial charge on any atom is 0.280 e. The largest absolute Gasteiger partial charge is 0.494 e. The summed E-state index contributed by atoms with van der Waals surface area (Å²) >= 11 is 0. The summed E-state index contributed by atoms with van der Waals surface area (Å²) in [5.41, 5.74) is 5.06. The lowest BCUT2D eigenvalue weighted by Crippen LogP contribution is -2.07. The van der Waals surface area contributed by atoms with Crippen LogP contribution in [0, 0.1) is 0 Å². The molecule has 0 radical (unpaired) electrons. The third-order valence-corrected chi connectivity index (χ3v) is 1.86. The molecule has 0 bridgehead atoms. The number of methoxy groups -OCH3 is 1. The Labute approximate surface area is 85.1 Å². The molecular weight excluding hydrogens is 206 g/mol. The monoisotopic (exact) mass is 216 g/mol. The summed E-state index contributed by atoms with van der Waals surface area (Å²) in [6, 6.07) is 1.14. The van der Waals surface area contributed by atoms with Gasteiger partial charge in [0, 0.05) is 12.1 Å². The highest BCUT2D eigenvalue weighted by Gasteiger charge is 2.16. The van der Waals surface area contributed by atoms with Gasteiger partial charge in [0.1, 0.15) is 11.4 Å². The fraction of sp³-hybridized carbons (Fsp3) is 0.333. The first-order chi connectivity index (χ1) is 7.13. The van der Waals surface area contributed by atoms with Gasteiger partial charge in [0.25, 0.3) is 6.43 Å². The normalized spacial score (nSPS) is 10.5. The van der Waals surface area contributed by atoms with Crippen LogP contribution in [-0.2, 0) is 6.54 Å². The number of ether oxygens (including phenoxy) is 1. The van der Waals surface area contributed by atoms with E-state index in [0.717, 1.165) is 6.07 Å². The summed E-state index contributed by atoms with van der Waals surface area (Å²) in [7, 11) is 1.32. The van der Waals surface area contributed by atoms with Gasteiger partial charge < -0.3 is 10.5 Å². The van der Waals surface area contributed by atoms with Crippen LogP contribution < -0.4 is 10.5 Å². The zero-order valence-corrected chi connectivity index (χ0v) is 8.04. The molecule has 15 heavy (non-hydrogen) atoms. The average Bonchev–Trinajstić information content (AvgIpc) is 2.26. The number of nitrogens with two attached hydrogens (primary N) is 1. The van der Waals surface area contributed by atoms with Crippen molar-refractivity contribution in [2.75, 3.05) is 7.11 Å². The molecule has 0 saturated carbocycles. The zero-order chi connectivity index (χ0) is 11.4. The second-order valence-corrected chi connectivity index (χ2v) is 2.75. The molecule has 0 fully saturated rings. The smallest absolute Gasteiger partial charge is 0.280 e. The highest BCUT2D eigenvalue weighted by Crippen LogP contribution is 2.26. The van der Waals surface area contributed by atoms with Crippen LogP contribution in [-0.4, -0.2) is 18.4 Å². The number of hydrogen-bond acceptors (Lipinski definition) is 4. The molecule has 0 aliphatic heterocycles. The van der Waals surface area contributed by atoms with E-state index in [1.54, 1.807) is 0 Å². The lowest BCUT2D eigenvalue weighted by atomic mass is 10.1. The lowest BCUT2D eigenvalue weighted by molar-refractivity contribution is 0.111. The fourth-order valence-corrected chi connectivity index (χ4v) is 1.21. The standard InChI is InChI=1S/C9H10F2N2O2/c1-15-8-5(3-12)2-6(9(10)11)13-7(8)4-14/h2,4,9H,3,12H2,1H3. The molecule has 0 amide bonds. The summed E-state index contributed by atoms with van der Waals surface area (Å²) < 4.78 is 29.6. The number of aromatic nitrogens is 1. The molecule has 0 atom stereocenters. The van der Waals surface area contributed by atoms with E-state index in [1.807, 2.05) is 0 Å². The molecule has 0 aliphatic carbocycles. The van der Waals surface area contributed by atoms with Crippen molar-refractivity contribution in [3.05, 3.63) is 23.0 Å². The van der Waals surface area contributed by atoms with E-state index >= 15 is 0 Å². The van der Waals surface area contributed by atoms with Gasteiger partial charge in [0.2, 0.25) is 0 Å². The van der Waals surface area contributed by atoms with Crippen molar-refractivity contribution in [2.24, 2.45) is 5.73 Å². The van der Waals surface area contributed by atoms with Crippen LogP contribution in [0.25, 0.3) is 0 Å². The predicted octanol–water partition coefficient (Wildman–Crippen LogP) is 1.30. The molecule has 6 heteroatoms. The van der Waals surface area contributed by atoms with E-state index in [2.05, 4.69) is 4.98 Å². The third kappa shape index (κ3) is 2.27. The van der Waals surface area contributed by atoms with Crippen molar-refractivity contribution >= 4 is 6.29 Å². The molecular formula is C9H10F2N2O2. The molecule has 1 rings (SSSR count). The van der Waals surface area contributed by atoms with E-state index in [1.165, 1.54) is 7.11 Å². The number of rotatable bonds is 4. The third-order valence-electron chi connectivity index (χ3n) is 1.86. The maximum atomic E-state index is 12.4. The van der Waals surface area contributed by atoms with Crippen molar-refractivity contribution in [1.29, 1.82) is 0 Å². The molecule has 1 aromatic rings. The van der Waals surface area contributed by atoms with Crippen LogP contribution in [0.3, 0.4) is 0 Å². The van der Waals surface area contributed by atoms with E-state index in [4.69, 9.17) is 10.5 Å². The topological polar surface area (TPSA) is 65.2 Å². The van der Waals surface area contributed by atoms with Gasteiger partial charge in [-0.05, 0) is 6.07 Å². The Bertz CT molecular complexity index is 369. The van der Waals surface area contributed by atoms with Gasteiger partial charge in [-0.2, -0.15) is 0 Å². The molecule has 0 spiro atoms. The van der Waals surface area contributed by atoms with E-state index in [-0.39, 0.29) is 18.0 Å². The Morgan fingerprint density at radius 2 is 2.33 bits per heavy atom. The second kappa shape index (κ2) is 4.79. The molecule has 0 unspecified atom stereocenters. The van der Waals surface area contributed by atoms with Crippen LogP contribution in [0.15, 0.2) is 6.07 Å². The first-order valence-electron chi connectivity index (χ1n) is 4.15. The van der Waals surface area contributed by atoms with Crippen LogP contribution >= 0.6 is 0 Å². The van der Waals surface area contributed by atoms with Crippen LogP contribution in [0.4, 0.5) is 8.78 Å². The van der Waals surface area contributed by atoms with E-state index < -0.39 is 12.1 Å². The number of carbonyl (C=O) groups excluding carboxylic acids is 1. The van der Waals surface area contributed by atoms with Crippen LogP contribution in [0.1, 0.15) is 28.2 Å². The van der Waals surface area contributed by atoms with Crippen LogP contribution in [0.5, 0.6) is 5.75 Å². The SMILES string of the molecule is COc1c(CN)cc(C(F)F)nc1C=O. The lowest BCUT2D eigenvalue weighted by Gasteiger charge is -2.10. The quantitative estimate of drug-likeness (QED) is 0.770. The fourth-order valence-electron chi connectivity index (χ4n) is 1.21. The number of carbonyl (C=O) groups is 1. The number of hydrogen-bond donors (Lipinski definition) is 1. The highest BCUT2D eigenvalue weighted by molar-refractivity contribution is 5.77. The van der Waals surface area contributed by atoms with Gasteiger partial charge >= 0.3 is 0 Å². The summed E-state index contributed by atoms with van der Waals surface area (Å²) in [5, 5.41) is 0. The van der Waals surface area contributed by atoms with Crippen molar-refractivity contribution in [3.63, 3.8) is 0 Å². The number of nitrogens with zero attached hydrogens (tertiary/aromatic N) is 1. The molecule has 4 nitrogen and oxygen atoms in total. The average molecular weight is 216 g/mol. The first kappa shape index (κ1) is 11.5. The van der Waals surface area contributed by atoms with Gasteiger partial charge in [-0.3, -0.25) is 4.79 Å². The Kier molecular flexibility index (Phi) is 3.68. The molecule has 2 N–H and O–H groups in total. The molecule has 1 aromatic heterocycles. The number of aldehydes is 1. The number of alkyl halides is 2. The Morgan fingerprint density at radius 3 is 2.73 bits per heavy atom. The summed E-state index contributed by atoms with van der Waals surface area (Å²) in [6.45, 7) is 0.00620. The zero-order valence-electron chi connectivity index (χ0n) is 8.04. The van der Waals surface area contributed by atoms with E-state index in [9.17, 15) is 13.6 Å². The Hall–Kier alpha value is -1.56. The Balaban J connectivity index is 3.35. The molecule has 0 aliphatic rings. The van der Waals surface area contributed by atoms with E-state index in [0.29, 0.717) is 11.8 Å². The van der Waals surface area contributed by atoms with Gasteiger partial charge in [0.15, 0.2) is 12.0 Å². The van der Waals surface area contributed by atoms with Crippen molar-refractivity contribution in [1.82, 2.24) is 4.98 Å². The van der Waals surface area contributed by atoms with Crippen LogP contribution in [0.2, 0.25) is 0 Å². The van der Waals surface area contributed by atoms with Gasteiger partial charge in [-0.1, -0.05) is 0 Å². The summed E-state index contributed by atoms with van der Waals surface area (Å²) in [5.74, 6) is 0.150. The first-order valence-corrected chi connectivity index (χ1v) is 4.15. The summed E-state index contributed by atoms with van der Waals surface area (Å²) in [6.07, 6.45) is -2.37.